The summed E-state index contributed by atoms with van der Waals surface area (Å²) in [6.45, 7) is 5.90. The van der Waals surface area contributed by atoms with E-state index in [1.54, 1.807) is 0 Å². The number of carbonyl (C=O) groups excluding carboxylic acids is 1. The van der Waals surface area contributed by atoms with Crippen molar-refractivity contribution in [2.75, 3.05) is 6.54 Å². The number of benzene rings is 2. The van der Waals surface area contributed by atoms with Crippen LogP contribution in [-0.2, 0) is 11.2 Å². The zero-order valence-corrected chi connectivity index (χ0v) is 13.4. The van der Waals surface area contributed by atoms with Crippen molar-refractivity contribution in [1.29, 1.82) is 0 Å². The van der Waals surface area contributed by atoms with E-state index in [0.717, 1.165) is 5.56 Å². The van der Waals surface area contributed by atoms with Crippen molar-refractivity contribution in [3.8, 4) is 0 Å². The summed E-state index contributed by atoms with van der Waals surface area (Å²) in [6, 6.07) is 14.4. The summed E-state index contributed by atoms with van der Waals surface area (Å²) in [6.07, 6.45) is 0.280. The highest BCUT2D eigenvalue weighted by Crippen LogP contribution is 2.16. The van der Waals surface area contributed by atoms with Crippen LogP contribution in [0.3, 0.4) is 0 Å². The zero-order chi connectivity index (χ0) is 16.2. The molecule has 2 rings (SSSR count). The second-order valence-corrected chi connectivity index (χ2v) is 6.53. The molecular weight excluding hydrogens is 276 g/mol. The SMILES string of the molecule is CC(C)(C)OC(=O)NCC(N)Cc1ccc2ccccc2c1. The first-order valence-corrected chi connectivity index (χ1v) is 7.53. The predicted octanol–water partition coefficient (Wildman–Crippen LogP) is 3.23. The summed E-state index contributed by atoms with van der Waals surface area (Å²) in [5.74, 6) is 0. The molecule has 0 bridgehead atoms. The van der Waals surface area contributed by atoms with Gasteiger partial charge in [-0.05, 0) is 43.5 Å². The molecule has 0 heterocycles. The number of hydrogen-bond donors (Lipinski definition) is 2. The van der Waals surface area contributed by atoms with Crippen LogP contribution in [0.4, 0.5) is 4.79 Å². The Morgan fingerprint density at radius 1 is 1.18 bits per heavy atom. The van der Waals surface area contributed by atoms with Crippen molar-refractivity contribution in [2.24, 2.45) is 5.73 Å². The number of carbonyl (C=O) groups is 1. The van der Waals surface area contributed by atoms with Crippen LogP contribution < -0.4 is 11.1 Å². The molecule has 0 aliphatic heterocycles. The van der Waals surface area contributed by atoms with Crippen LogP contribution >= 0.6 is 0 Å². The van der Waals surface area contributed by atoms with Gasteiger partial charge in [0.2, 0.25) is 0 Å². The third kappa shape index (κ3) is 5.04. The Hall–Kier alpha value is -2.07. The maximum Gasteiger partial charge on any atom is 0.407 e. The number of rotatable bonds is 4. The molecule has 1 unspecified atom stereocenters. The van der Waals surface area contributed by atoms with Gasteiger partial charge in [0.05, 0.1) is 0 Å². The lowest BCUT2D eigenvalue weighted by atomic mass is 10.0. The number of ether oxygens (including phenoxy) is 1. The maximum absolute atomic E-state index is 11.6. The highest BCUT2D eigenvalue weighted by molar-refractivity contribution is 5.83. The van der Waals surface area contributed by atoms with E-state index in [1.165, 1.54) is 10.8 Å². The number of amides is 1. The van der Waals surface area contributed by atoms with Crippen molar-refractivity contribution in [3.63, 3.8) is 0 Å². The Balaban J connectivity index is 1.88. The third-order valence-corrected chi connectivity index (χ3v) is 3.22. The molecule has 118 valence electrons. The second kappa shape index (κ2) is 6.79. The molecule has 2 aromatic carbocycles. The van der Waals surface area contributed by atoms with Gasteiger partial charge in [0, 0.05) is 12.6 Å². The Morgan fingerprint density at radius 2 is 1.86 bits per heavy atom. The van der Waals surface area contributed by atoms with Crippen LogP contribution in [0.5, 0.6) is 0 Å². The van der Waals surface area contributed by atoms with Gasteiger partial charge in [-0.25, -0.2) is 4.79 Å². The first-order valence-electron chi connectivity index (χ1n) is 7.53. The molecule has 0 radical (unpaired) electrons. The second-order valence-electron chi connectivity index (χ2n) is 6.53. The Morgan fingerprint density at radius 3 is 2.55 bits per heavy atom. The first kappa shape index (κ1) is 16.3. The van der Waals surface area contributed by atoms with E-state index in [-0.39, 0.29) is 6.04 Å². The van der Waals surface area contributed by atoms with Crippen molar-refractivity contribution in [2.45, 2.75) is 38.8 Å². The summed E-state index contributed by atoms with van der Waals surface area (Å²) in [5, 5.41) is 5.13. The smallest absolute Gasteiger partial charge is 0.407 e. The van der Waals surface area contributed by atoms with Gasteiger partial charge >= 0.3 is 6.09 Å². The number of nitrogens with one attached hydrogen (secondary N) is 1. The van der Waals surface area contributed by atoms with Crippen LogP contribution in [0.2, 0.25) is 0 Å². The molecule has 1 atom stereocenters. The Labute approximate surface area is 131 Å². The summed E-state index contributed by atoms with van der Waals surface area (Å²) >= 11 is 0. The average Bonchev–Trinajstić information content (AvgIpc) is 2.43. The van der Waals surface area contributed by atoms with Gasteiger partial charge in [0.15, 0.2) is 0 Å². The van der Waals surface area contributed by atoms with E-state index >= 15 is 0 Å². The van der Waals surface area contributed by atoms with E-state index < -0.39 is 11.7 Å². The molecule has 0 aliphatic carbocycles. The monoisotopic (exact) mass is 300 g/mol. The standard InChI is InChI=1S/C18H24N2O2/c1-18(2,3)22-17(21)20-12-16(19)11-13-8-9-14-6-4-5-7-15(14)10-13/h4-10,16H,11-12,19H2,1-3H3,(H,20,21). The lowest BCUT2D eigenvalue weighted by Crippen LogP contribution is -2.41. The molecule has 22 heavy (non-hydrogen) atoms. The topological polar surface area (TPSA) is 64.3 Å². The molecule has 2 aromatic rings. The molecule has 4 heteroatoms. The van der Waals surface area contributed by atoms with Gasteiger partial charge in [-0.2, -0.15) is 0 Å². The van der Waals surface area contributed by atoms with E-state index in [9.17, 15) is 4.79 Å². The lowest BCUT2D eigenvalue weighted by molar-refractivity contribution is 0.0524. The fourth-order valence-electron chi connectivity index (χ4n) is 2.27. The Kier molecular flexibility index (Phi) is 5.03. The van der Waals surface area contributed by atoms with Gasteiger partial charge in [-0.1, -0.05) is 42.5 Å². The van der Waals surface area contributed by atoms with Crippen molar-refractivity contribution < 1.29 is 9.53 Å². The van der Waals surface area contributed by atoms with Gasteiger partial charge in [-0.3, -0.25) is 0 Å². The van der Waals surface area contributed by atoms with Gasteiger partial charge in [0.1, 0.15) is 5.60 Å². The molecule has 0 aromatic heterocycles. The fraction of sp³-hybridized carbons (Fsp3) is 0.389. The molecule has 0 fully saturated rings. The minimum atomic E-state index is -0.494. The van der Waals surface area contributed by atoms with Gasteiger partial charge in [0.25, 0.3) is 0 Å². The number of fused-ring (bicyclic) bond motifs is 1. The molecule has 0 saturated heterocycles. The molecule has 3 N–H and O–H groups in total. The quantitative estimate of drug-likeness (QED) is 0.911. The van der Waals surface area contributed by atoms with Crippen LogP contribution in [0, 0.1) is 0 Å². The average molecular weight is 300 g/mol. The Bertz CT molecular complexity index is 647. The van der Waals surface area contributed by atoms with Gasteiger partial charge < -0.3 is 15.8 Å². The largest absolute Gasteiger partial charge is 0.444 e. The normalized spacial score (nSPS) is 12.9. The third-order valence-electron chi connectivity index (χ3n) is 3.22. The molecule has 0 spiro atoms. The van der Waals surface area contributed by atoms with E-state index in [4.69, 9.17) is 10.5 Å². The highest BCUT2D eigenvalue weighted by Gasteiger charge is 2.16. The van der Waals surface area contributed by atoms with E-state index in [1.807, 2.05) is 32.9 Å². The molecule has 0 saturated carbocycles. The van der Waals surface area contributed by atoms with Crippen LogP contribution in [0.15, 0.2) is 42.5 Å². The minimum absolute atomic E-state index is 0.145. The number of hydrogen-bond acceptors (Lipinski definition) is 3. The molecule has 4 nitrogen and oxygen atoms in total. The number of nitrogens with two attached hydrogens (primary N) is 1. The first-order chi connectivity index (χ1) is 10.3. The summed E-state index contributed by atoms with van der Waals surface area (Å²) < 4.78 is 5.19. The van der Waals surface area contributed by atoms with Crippen LogP contribution in [0.1, 0.15) is 26.3 Å². The fourth-order valence-corrected chi connectivity index (χ4v) is 2.27. The van der Waals surface area contributed by atoms with Crippen molar-refractivity contribution in [1.82, 2.24) is 5.32 Å². The van der Waals surface area contributed by atoms with Crippen molar-refractivity contribution in [3.05, 3.63) is 48.0 Å². The van der Waals surface area contributed by atoms with Gasteiger partial charge in [-0.15, -0.1) is 0 Å². The molecular formula is C18H24N2O2. The summed E-state index contributed by atoms with van der Waals surface area (Å²) in [5.41, 5.74) is 6.76. The molecule has 1 amide bonds. The van der Waals surface area contributed by atoms with E-state index in [0.29, 0.717) is 13.0 Å². The van der Waals surface area contributed by atoms with Crippen molar-refractivity contribution >= 4 is 16.9 Å². The minimum Gasteiger partial charge on any atom is -0.444 e. The predicted molar refractivity (Wildman–Crippen MR) is 89.9 cm³/mol. The molecule has 0 aliphatic rings. The number of alkyl carbamates (subject to hydrolysis) is 1. The summed E-state index contributed by atoms with van der Waals surface area (Å²) in [4.78, 5) is 11.6. The van der Waals surface area contributed by atoms with Crippen LogP contribution in [0.25, 0.3) is 10.8 Å². The lowest BCUT2D eigenvalue weighted by Gasteiger charge is -2.20. The highest BCUT2D eigenvalue weighted by atomic mass is 16.6. The van der Waals surface area contributed by atoms with Crippen LogP contribution in [-0.4, -0.2) is 24.3 Å². The van der Waals surface area contributed by atoms with E-state index in [2.05, 4.69) is 35.6 Å². The maximum atomic E-state index is 11.6. The zero-order valence-electron chi connectivity index (χ0n) is 13.4. The summed E-state index contributed by atoms with van der Waals surface area (Å²) in [7, 11) is 0.